The standard InChI is InChI=1S/C10H19OS/c1-4-9(11)7-12-6-5-10(2,3)8-12/h4-8H2,1-3H3/q+1. The minimum atomic E-state index is 0.424. The number of Topliss-reactive ketones (excluding diaryl/α,β-unsaturated/α-hetero) is 1. The highest BCUT2D eigenvalue weighted by Gasteiger charge is 2.39. The van der Waals surface area contributed by atoms with Crippen molar-refractivity contribution in [3.8, 4) is 0 Å². The summed E-state index contributed by atoms with van der Waals surface area (Å²) >= 11 is 0. The second-order valence-electron chi connectivity index (χ2n) is 4.41. The summed E-state index contributed by atoms with van der Waals surface area (Å²) in [6.07, 6.45) is 2.04. The van der Waals surface area contributed by atoms with Gasteiger partial charge < -0.3 is 0 Å². The Morgan fingerprint density at radius 3 is 2.58 bits per heavy atom. The van der Waals surface area contributed by atoms with E-state index >= 15 is 0 Å². The van der Waals surface area contributed by atoms with Gasteiger partial charge in [-0.3, -0.25) is 4.79 Å². The van der Waals surface area contributed by atoms with Crippen molar-refractivity contribution in [3.05, 3.63) is 0 Å². The van der Waals surface area contributed by atoms with Crippen LogP contribution in [0.2, 0.25) is 0 Å². The summed E-state index contributed by atoms with van der Waals surface area (Å²) in [6.45, 7) is 6.60. The van der Waals surface area contributed by atoms with E-state index in [-0.39, 0.29) is 0 Å². The zero-order valence-electron chi connectivity index (χ0n) is 8.35. The molecule has 0 saturated carbocycles. The lowest BCUT2D eigenvalue weighted by Crippen LogP contribution is -2.20. The van der Waals surface area contributed by atoms with Gasteiger partial charge in [0.15, 0.2) is 11.5 Å². The minimum Gasteiger partial charge on any atom is -0.294 e. The van der Waals surface area contributed by atoms with Crippen molar-refractivity contribution in [3.63, 3.8) is 0 Å². The first-order valence-corrected chi connectivity index (χ1v) is 6.42. The smallest absolute Gasteiger partial charge is 0.181 e. The topological polar surface area (TPSA) is 17.1 Å². The molecule has 0 aromatic rings. The molecule has 70 valence electrons. The molecule has 2 heteroatoms. The van der Waals surface area contributed by atoms with Crippen LogP contribution in [0, 0.1) is 5.41 Å². The van der Waals surface area contributed by atoms with E-state index in [1.807, 2.05) is 6.92 Å². The Morgan fingerprint density at radius 2 is 2.17 bits per heavy atom. The van der Waals surface area contributed by atoms with Crippen molar-refractivity contribution in [1.29, 1.82) is 0 Å². The number of hydrogen-bond acceptors (Lipinski definition) is 1. The number of ketones is 1. The first-order chi connectivity index (χ1) is 5.53. The molecule has 0 bridgehead atoms. The Kier molecular flexibility index (Phi) is 3.22. The van der Waals surface area contributed by atoms with Crippen molar-refractivity contribution in [2.45, 2.75) is 33.6 Å². The van der Waals surface area contributed by atoms with Crippen LogP contribution in [0.1, 0.15) is 33.6 Å². The van der Waals surface area contributed by atoms with Gasteiger partial charge in [0, 0.05) is 18.3 Å². The third-order valence-corrected chi connectivity index (χ3v) is 5.12. The lowest BCUT2D eigenvalue weighted by Gasteiger charge is -2.10. The number of carbonyl (C=O) groups is 1. The SMILES string of the molecule is CCC(=O)C[S+]1CCC(C)(C)C1. The number of rotatable bonds is 3. The highest BCUT2D eigenvalue weighted by atomic mass is 32.2. The molecule has 1 heterocycles. The fraction of sp³-hybridized carbons (Fsp3) is 0.900. The van der Waals surface area contributed by atoms with E-state index < -0.39 is 0 Å². The van der Waals surface area contributed by atoms with E-state index in [9.17, 15) is 4.79 Å². The molecule has 0 aliphatic carbocycles. The predicted molar refractivity (Wildman–Crippen MR) is 55.7 cm³/mol. The molecule has 1 aliphatic heterocycles. The zero-order chi connectivity index (χ0) is 9.19. The van der Waals surface area contributed by atoms with Crippen LogP contribution in [-0.2, 0) is 15.7 Å². The van der Waals surface area contributed by atoms with Crippen molar-refractivity contribution < 1.29 is 4.79 Å². The normalized spacial score (nSPS) is 27.4. The van der Waals surface area contributed by atoms with Gasteiger partial charge in [-0.2, -0.15) is 0 Å². The molecular formula is C10H19OS+. The molecule has 1 atom stereocenters. The van der Waals surface area contributed by atoms with Gasteiger partial charge in [-0.25, -0.2) is 0 Å². The Morgan fingerprint density at radius 1 is 1.50 bits per heavy atom. The van der Waals surface area contributed by atoms with E-state index in [0.717, 1.165) is 12.2 Å². The van der Waals surface area contributed by atoms with E-state index in [0.29, 0.717) is 22.1 Å². The van der Waals surface area contributed by atoms with E-state index in [1.54, 1.807) is 0 Å². The first kappa shape index (κ1) is 10.1. The quantitative estimate of drug-likeness (QED) is 0.618. The third-order valence-electron chi connectivity index (χ3n) is 2.42. The Labute approximate surface area is 78.3 Å². The van der Waals surface area contributed by atoms with Gasteiger partial charge in [-0.05, 0) is 10.9 Å². The molecule has 1 fully saturated rings. The van der Waals surface area contributed by atoms with Crippen LogP contribution in [0.25, 0.3) is 0 Å². The second kappa shape index (κ2) is 3.82. The lowest BCUT2D eigenvalue weighted by atomic mass is 9.94. The van der Waals surface area contributed by atoms with Gasteiger partial charge in [0.1, 0.15) is 11.5 Å². The van der Waals surface area contributed by atoms with Crippen molar-refractivity contribution >= 4 is 16.7 Å². The minimum absolute atomic E-state index is 0.424. The van der Waals surface area contributed by atoms with Gasteiger partial charge in [-0.15, -0.1) is 0 Å². The first-order valence-electron chi connectivity index (χ1n) is 4.69. The molecule has 0 N–H and O–H groups in total. The molecule has 0 aromatic heterocycles. The maximum atomic E-state index is 11.2. The summed E-state index contributed by atoms with van der Waals surface area (Å²) in [5.41, 5.74) is 0.511. The van der Waals surface area contributed by atoms with E-state index in [2.05, 4.69) is 13.8 Å². The number of hydrogen-bond donors (Lipinski definition) is 0. The molecule has 1 saturated heterocycles. The van der Waals surface area contributed by atoms with Gasteiger partial charge in [-0.1, -0.05) is 20.8 Å². The van der Waals surface area contributed by atoms with Crippen molar-refractivity contribution in [1.82, 2.24) is 0 Å². The van der Waals surface area contributed by atoms with Crippen LogP contribution in [0.4, 0.5) is 0 Å². The van der Waals surface area contributed by atoms with Crippen LogP contribution < -0.4 is 0 Å². The van der Waals surface area contributed by atoms with Gasteiger partial charge in [0.2, 0.25) is 0 Å². The molecule has 0 aromatic carbocycles. The zero-order valence-corrected chi connectivity index (χ0v) is 9.17. The Hall–Kier alpha value is 0.0200. The van der Waals surface area contributed by atoms with Crippen LogP contribution in [0.3, 0.4) is 0 Å². The summed E-state index contributed by atoms with van der Waals surface area (Å²) < 4.78 is 0. The fourth-order valence-corrected chi connectivity index (χ4v) is 4.71. The van der Waals surface area contributed by atoms with Crippen LogP contribution >= 0.6 is 0 Å². The van der Waals surface area contributed by atoms with E-state index in [4.69, 9.17) is 0 Å². The van der Waals surface area contributed by atoms with Crippen LogP contribution in [-0.4, -0.2) is 23.0 Å². The molecule has 0 spiro atoms. The average Bonchev–Trinajstić information content (AvgIpc) is 2.30. The molecule has 1 aliphatic rings. The molecule has 0 radical (unpaired) electrons. The Bertz CT molecular complexity index is 175. The maximum absolute atomic E-state index is 11.2. The average molecular weight is 187 g/mol. The predicted octanol–water partition coefficient (Wildman–Crippen LogP) is 2.01. The molecular weight excluding hydrogens is 168 g/mol. The van der Waals surface area contributed by atoms with Crippen LogP contribution in [0.5, 0.6) is 0 Å². The maximum Gasteiger partial charge on any atom is 0.181 e. The van der Waals surface area contributed by atoms with Gasteiger partial charge >= 0.3 is 0 Å². The summed E-state index contributed by atoms with van der Waals surface area (Å²) in [4.78, 5) is 11.2. The van der Waals surface area contributed by atoms with Gasteiger partial charge in [0.25, 0.3) is 0 Å². The molecule has 12 heavy (non-hydrogen) atoms. The second-order valence-corrected chi connectivity index (χ2v) is 6.62. The molecule has 1 unspecified atom stereocenters. The molecule has 1 rings (SSSR count). The van der Waals surface area contributed by atoms with E-state index in [1.165, 1.54) is 17.9 Å². The van der Waals surface area contributed by atoms with Crippen LogP contribution in [0.15, 0.2) is 0 Å². The molecule has 0 amide bonds. The summed E-state index contributed by atoms with van der Waals surface area (Å²) in [6, 6.07) is 0. The fourth-order valence-electron chi connectivity index (χ4n) is 1.57. The van der Waals surface area contributed by atoms with Gasteiger partial charge in [0.05, 0.1) is 0 Å². The summed E-state index contributed by atoms with van der Waals surface area (Å²) in [5.74, 6) is 3.88. The monoisotopic (exact) mass is 187 g/mol. The van der Waals surface area contributed by atoms with Crippen molar-refractivity contribution in [2.24, 2.45) is 5.41 Å². The largest absolute Gasteiger partial charge is 0.294 e. The highest BCUT2D eigenvalue weighted by molar-refractivity contribution is 7.97. The highest BCUT2D eigenvalue weighted by Crippen LogP contribution is 2.32. The summed E-state index contributed by atoms with van der Waals surface area (Å²) in [7, 11) is 0.424. The summed E-state index contributed by atoms with van der Waals surface area (Å²) in [5, 5.41) is 0. The molecule has 1 nitrogen and oxygen atoms in total. The number of carbonyl (C=O) groups excluding carboxylic acids is 1. The van der Waals surface area contributed by atoms with Crippen molar-refractivity contribution in [2.75, 3.05) is 17.3 Å². The third kappa shape index (κ3) is 2.81. The lowest BCUT2D eigenvalue weighted by molar-refractivity contribution is -0.116. The Balaban J connectivity index is 2.33.